The number of ether oxygens (including phenoxy) is 1. The molecule has 1 aromatic rings. The summed E-state index contributed by atoms with van der Waals surface area (Å²) in [5.41, 5.74) is 1.28. The number of halogens is 2. The lowest BCUT2D eigenvalue weighted by molar-refractivity contribution is -0.223. The Morgan fingerprint density at radius 1 is 0.742 bits per heavy atom. The summed E-state index contributed by atoms with van der Waals surface area (Å²) >= 11 is 0. The van der Waals surface area contributed by atoms with Crippen molar-refractivity contribution in [1.82, 2.24) is 0 Å². The molecule has 3 saturated carbocycles. The first-order chi connectivity index (χ1) is 14.9. The summed E-state index contributed by atoms with van der Waals surface area (Å²) in [6.45, 7) is 4.67. The van der Waals surface area contributed by atoms with Crippen molar-refractivity contribution < 1.29 is 17.8 Å². The molecule has 31 heavy (non-hydrogen) atoms. The van der Waals surface area contributed by atoms with E-state index in [0.29, 0.717) is 30.4 Å². The molecule has 3 aliphatic carbocycles. The largest absolute Gasteiger partial charge is 0.432 e. The minimum atomic E-state index is -3.06. The van der Waals surface area contributed by atoms with Gasteiger partial charge in [-0.1, -0.05) is 64.5 Å². The van der Waals surface area contributed by atoms with Gasteiger partial charge in [-0.3, -0.25) is 0 Å². The minimum Gasteiger partial charge on any atom is -0.432 e. The fourth-order valence-corrected chi connectivity index (χ4v) is 6.41. The van der Waals surface area contributed by atoms with Crippen LogP contribution >= 0.6 is 0 Å². The van der Waals surface area contributed by atoms with Crippen LogP contribution in [0.2, 0.25) is 0 Å². The van der Waals surface area contributed by atoms with Crippen molar-refractivity contribution in [3.8, 4) is 5.75 Å². The predicted molar refractivity (Wildman–Crippen MR) is 130 cm³/mol. The van der Waals surface area contributed by atoms with Crippen molar-refractivity contribution in [2.24, 2.45) is 29.6 Å². The Hall–Kier alpha value is -1.12. The van der Waals surface area contributed by atoms with Gasteiger partial charge in [0, 0.05) is 4.28 Å². The van der Waals surface area contributed by atoms with Gasteiger partial charge in [0.1, 0.15) is 5.75 Å². The third-order valence-corrected chi connectivity index (χ3v) is 8.75. The van der Waals surface area contributed by atoms with E-state index >= 15 is 0 Å². The van der Waals surface area contributed by atoms with Crippen LogP contribution in [0.25, 0.3) is 0 Å². The molecular formula is C28H48F2O. The van der Waals surface area contributed by atoms with Crippen molar-refractivity contribution in [2.45, 2.75) is 109 Å². The van der Waals surface area contributed by atoms with Crippen molar-refractivity contribution in [3.63, 3.8) is 0 Å². The molecule has 4 rings (SSSR count). The van der Waals surface area contributed by atoms with Crippen LogP contribution in [0, 0.1) is 29.6 Å². The number of hydrogen-bond donors (Lipinski definition) is 0. The Kier molecular flexibility index (Phi) is 7.60. The quantitative estimate of drug-likeness (QED) is 0.429. The summed E-state index contributed by atoms with van der Waals surface area (Å²) in [6.07, 6.45) is 11.6. The van der Waals surface area contributed by atoms with E-state index < -0.39 is 12.0 Å². The molecule has 0 atom stereocenters. The monoisotopic (exact) mass is 438 g/mol. The molecule has 0 unspecified atom stereocenters. The van der Waals surface area contributed by atoms with Gasteiger partial charge in [-0.05, 0) is 92.2 Å². The van der Waals surface area contributed by atoms with Crippen molar-refractivity contribution in [3.05, 3.63) is 29.8 Å². The highest BCUT2D eigenvalue weighted by molar-refractivity contribution is 5.30. The van der Waals surface area contributed by atoms with E-state index in [1.54, 1.807) is 12.1 Å². The molecule has 180 valence electrons. The van der Waals surface area contributed by atoms with Crippen molar-refractivity contribution in [2.75, 3.05) is 0 Å². The summed E-state index contributed by atoms with van der Waals surface area (Å²) < 4.78 is 35.1. The van der Waals surface area contributed by atoms with Crippen LogP contribution in [0.15, 0.2) is 24.3 Å². The minimum absolute atomic E-state index is 0. The fraction of sp³-hybridized carbons (Fsp3) is 0.786. The molecule has 0 N–H and O–H groups in total. The number of hydrogen-bond acceptors (Lipinski definition) is 1. The highest BCUT2D eigenvalue weighted by Gasteiger charge is 2.44. The molecule has 0 aliphatic heterocycles. The van der Waals surface area contributed by atoms with Crippen LogP contribution in [-0.4, -0.2) is 6.11 Å². The summed E-state index contributed by atoms with van der Waals surface area (Å²) in [4.78, 5) is 0. The first kappa shape index (κ1) is 23.1. The highest BCUT2D eigenvalue weighted by atomic mass is 19.3. The van der Waals surface area contributed by atoms with Crippen molar-refractivity contribution in [1.29, 1.82) is 0 Å². The SMILES string of the molecule is CC1CCC(CC2CCC(C(F)(F)Oc3ccc(C4CCC(C)CC4)cc3)CC2)CC1.[HH].[HH].[HH]. The normalized spacial score (nSPS) is 35.0. The highest BCUT2D eigenvalue weighted by Crippen LogP contribution is 2.43. The van der Waals surface area contributed by atoms with Crippen LogP contribution in [0.4, 0.5) is 8.78 Å². The van der Waals surface area contributed by atoms with E-state index in [0.717, 1.165) is 30.6 Å². The lowest BCUT2D eigenvalue weighted by Crippen LogP contribution is -2.37. The number of alkyl halides is 2. The molecule has 3 aliphatic rings. The zero-order valence-electron chi connectivity index (χ0n) is 19.6. The molecule has 0 spiro atoms. The van der Waals surface area contributed by atoms with Crippen LogP contribution in [0.3, 0.4) is 0 Å². The summed E-state index contributed by atoms with van der Waals surface area (Å²) in [5.74, 6) is 3.42. The second kappa shape index (κ2) is 10.2. The van der Waals surface area contributed by atoms with Gasteiger partial charge < -0.3 is 4.74 Å². The molecule has 3 fully saturated rings. The van der Waals surface area contributed by atoms with Gasteiger partial charge in [-0.2, -0.15) is 8.78 Å². The third kappa shape index (κ3) is 6.23. The maximum absolute atomic E-state index is 14.9. The first-order valence-electron chi connectivity index (χ1n) is 13.1. The van der Waals surface area contributed by atoms with Crippen LogP contribution in [-0.2, 0) is 0 Å². The first-order valence-corrected chi connectivity index (χ1v) is 13.1. The molecule has 0 amide bonds. The Labute approximate surface area is 192 Å². The Bertz CT molecular complexity index is 675. The maximum Gasteiger partial charge on any atom is 0.400 e. The van der Waals surface area contributed by atoms with Gasteiger partial charge >= 0.3 is 6.11 Å². The second-order valence-corrected chi connectivity index (χ2v) is 11.3. The molecule has 0 heterocycles. The zero-order chi connectivity index (χ0) is 21.8. The van der Waals surface area contributed by atoms with E-state index in [1.165, 1.54) is 63.4 Å². The smallest absolute Gasteiger partial charge is 0.400 e. The van der Waals surface area contributed by atoms with E-state index in [4.69, 9.17) is 4.74 Å². The molecule has 1 nitrogen and oxygen atoms in total. The van der Waals surface area contributed by atoms with E-state index in [9.17, 15) is 8.78 Å². The Balaban J connectivity index is 0.00000193. The second-order valence-electron chi connectivity index (χ2n) is 11.3. The third-order valence-electron chi connectivity index (χ3n) is 8.75. The summed E-state index contributed by atoms with van der Waals surface area (Å²) in [5, 5.41) is 0. The molecule has 3 heteroatoms. The molecule has 0 aromatic heterocycles. The van der Waals surface area contributed by atoms with Crippen LogP contribution < -0.4 is 4.74 Å². The maximum atomic E-state index is 14.9. The van der Waals surface area contributed by atoms with Crippen molar-refractivity contribution >= 4 is 0 Å². The van der Waals surface area contributed by atoms with E-state index in [-0.39, 0.29) is 4.28 Å². The summed E-state index contributed by atoms with van der Waals surface area (Å²) in [7, 11) is 0. The van der Waals surface area contributed by atoms with E-state index in [1.807, 2.05) is 12.1 Å². The van der Waals surface area contributed by atoms with Crippen LogP contribution in [0.5, 0.6) is 5.75 Å². The zero-order valence-corrected chi connectivity index (χ0v) is 19.6. The number of rotatable bonds is 6. The van der Waals surface area contributed by atoms with Gasteiger partial charge in [0.2, 0.25) is 0 Å². The van der Waals surface area contributed by atoms with Gasteiger partial charge in [0.05, 0.1) is 5.92 Å². The average Bonchev–Trinajstić information content (AvgIpc) is 2.77. The van der Waals surface area contributed by atoms with Gasteiger partial charge in [-0.15, -0.1) is 0 Å². The van der Waals surface area contributed by atoms with Gasteiger partial charge in [0.15, 0.2) is 0 Å². The molecule has 0 saturated heterocycles. The van der Waals surface area contributed by atoms with Gasteiger partial charge in [0.25, 0.3) is 0 Å². The molecular weight excluding hydrogens is 390 g/mol. The Morgan fingerprint density at radius 2 is 1.23 bits per heavy atom. The van der Waals surface area contributed by atoms with Gasteiger partial charge in [-0.25, -0.2) is 0 Å². The number of benzene rings is 1. The predicted octanol–water partition coefficient (Wildman–Crippen LogP) is 9.71. The van der Waals surface area contributed by atoms with E-state index in [2.05, 4.69) is 13.8 Å². The lowest BCUT2D eigenvalue weighted by atomic mass is 9.73. The Morgan fingerprint density at radius 3 is 1.77 bits per heavy atom. The fourth-order valence-electron chi connectivity index (χ4n) is 6.41. The molecule has 0 radical (unpaired) electrons. The average molecular weight is 439 g/mol. The topological polar surface area (TPSA) is 9.23 Å². The van der Waals surface area contributed by atoms with Crippen LogP contribution in [0.1, 0.15) is 113 Å². The standard InChI is InChI=1S/C28H42F2O.3H2/c1-20-3-7-22(8-4-20)19-23-9-15-26(16-10-23)28(29,30)31-27-17-13-25(14-18-27)24-11-5-21(2)6-12-24;;;/h13-14,17-18,20-24,26H,3-12,15-16,19H2,1-2H3;3*1H. The molecule has 0 bridgehead atoms. The lowest BCUT2D eigenvalue weighted by Gasteiger charge is -2.35. The molecule has 1 aromatic carbocycles. The summed E-state index contributed by atoms with van der Waals surface area (Å²) in [6, 6.07) is 7.54.